The number of carbonyl (C=O) groups excluding carboxylic acids is 1. The van der Waals surface area contributed by atoms with Crippen LogP contribution in [0.25, 0.3) is 0 Å². The molecular formula is C16H15ClN2O3. The highest BCUT2D eigenvalue weighted by atomic mass is 35.5. The second kappa shape index (κ2) is 6.58. The van der Waals surface area contributed by atoms with Crippen LogP contribution in [0.15, 0.2) is 42.5 Å². The molecule has 6 heteroatoms. The molecule has 1 N–H and O–H groups in total. The third-order valence-electron chi connectivity index (χ3n) is 3.44. The Morgan fingerprint density at radius 1 is 1.23 bits per heavy atom. The number of rotatable bonds is 4. The molecule has 0 saturated carbocycles. The van der Waals surface area contributed by atoms with Crippen molar-refractivity contribution < 1.29 is 9.72 Å². The molecule has 0 aromatic heterocycles. The summed E-state index contributed by atoms with van der Waals surface area (Å²) >= 11 is 6.03. The minimum Gasteiger partial charge on any atom is -0.326 e. The summed E-state index contributed by atoms with van der Waals surface area (Å²) in [7, 11) is 0. The molecule has 114 valence electrons. The Balaban J connectivity index is 2.11. The fourth-order valence-corrected chi connectivity index (χ4v) is 2.14. The molecule has 0 bridgehead atoms. The molecule has 1 amide bonds. The summed E-state index contributed by atoms with van der Waals surface area (Å²) in [5, 5.41) is 14.0. The Morgan fingerprint density at radius 2 is 1.86 bits per heavy atom. The lowest BCUT2D eigenvalue weighted by atomic mass is 10.00. The number of nitro groups is 1. The number of carbonyl (C=O) groups is 1. The quantitative estimate of drug-likeness (QED) is 0.674. The van der Waals surface area contributed by atoms with E-state index in [4.69, 9.17) is 11.6 Å². The molecule has 2 aromatic carbocycles. The molecule has 0 heterocycles. The van der Waals surface area contributed by atoms with Crippen molar-refractivity contribution in [2.24, 2.45) is 0 Å². The Kier molecular flexibility index (Phi) is 4.78. The molecule has 0 aliphatic rings. The number of halogens is 1. The zero-order valence-electron chi connectivity index (χ0n) is 12.2. The van der Waals surface area contributed by atoms with Gasteiger partial charge in [0.1, 0.15) is 0 Å². The van der Waals surface area contributed by atoms with Crippen LogP contribution in [0, 0.1) is 17.0 Å². The Labute approximate surface area is 133 Å². The first kappa shape index (κ1) is 16.0. The average molecular weight is 319 g/mol. The summed E-state index contributed by atoms with van der Waals surface area (Å²) in [4.78, 5) is 22.4. The van der Waals surface area contributed by atoms with Gasteiger partial charge in [0.2, 0.25) is 5.91 Å². The van der Waals surface area contributed by atoms with Crippen LogP contribution in [-0.4, -0.2) is 10.8 Å². The minimum absolute atomic E-state index is 0.00155. The molecule has 0 aliphatic carbocycles. The summed E-state index contributed by atoms with van der Waals surface area (Å²) < 4.78 is 0. The van der Waals surface area contributed by atoms with Crippen molar-refractivity contribution in [1.29, 1.82) is 0 Å². The molecule has 0 radical (unpaired) electrons. The first-order chi connectivity index (χ1) is 10.4. The maximum Gasteiger partial charge on any atom is 0.269 e. The van der Waals surface area contributed by atoms with Crippen molar-refractivity contribution in [3.8, 4) is 0 Å². The fraction of sp³-hybridized carbons (Fsp3) is 0.188. The van der Waals surface area contributed by atoms with E-state index in [0.29, 0.717) is 16.3 Å². The van der Waals surface area contributed by atoms with Gasteiger partial charge < -0.3 is 5.32 Å². The predicted octanol–water partition coefficient (Wildman–Crippen LogP) is 4.30. The van der Waals surface area contributed by atoms with E-state index in [1.807, 2.05) is 13.0 Å². The van der Waals surface area contributed by atoms with Crippen LogP contribution in [0.3, 0.4) is 0 Å². The molecule has 0 fully saturated rings. The third kappa shape index (κ3) is 3.62. The highest BCUT2D eigenvalue weighted by molar-refractivity contribution is 6.31. The molecule has 1 atom stereocenters. The number of hydrogen-bond acceptors (Lipinski definition) is 3. The van der Waals surface area contributed by atoms with E-state index in [0.717, 1.165) is 5.56 Å². The summed E-state index contributed by atoms with van der Waals surface area (Å²) in [5.74, 6) is -0.630. The lowest BCUT2D eigenvalue weighted by Crippen LogP contribution is -2.18. The van der Waals surface area contributed by atoms with Crippen molar-refractivity contribution in [3.63, 3.8) is 0 Å². The number of aryl methyl sites for hydroxylation is 1. The molecular weight excluding hydrogens is 304 g/mol. The van der Waals surface area contributed by atoms with E-state index in [1.54, 1.807) is 31.2 Å². The van der Waals surface area contributed by atoms with E-state index < -0.39 is 10.8 Å². The van der Waals surface area contributed by atoms with Gasteiger partial charge >= 0.3 is 0 Å². The fourth-order valence-electron chi connectivity index (χ4n) is 1.96. The molecule has 2 rings (SSSR count). The van der Waals surface area contributed by atoms with E-state index in [2.05, 4.69) is 5.32 Å². The largest absolute Gasteiger partial charge is 0.326 e. The van der Waals surface area contributed by atoms with Gasteiger partial charge in [-0.15, -0.1) is 0 Å². The van der Waals surface area contributed by atoms with Gasteiger partial charge in [-0.3, -0.25) is 14.9 Å². The Bertz CT molecular complexity index is 714. The van der Waals surface area contributed by atoms with Crippen LogP contribution in [-0.2, 0) is 4.79 Å². The summed E-state index contributed by atoms with van der Waals surface area (Å²) in [6.07, 6.45) is 0. The summed E-state index contributed by atoms with van der Waals surface area (Å²) in [5.41, 5.74) is 2.26. The topological polar surface area (TPSA) is 72.2 Å². The standard InChI is InChI=1S/C16H15ClN2O3/c1-10-3-6-13(9-15(10)17)18-16(20)11(2)12-4-7-14(8-5-12)19(21)22/h3-9,11H,1-2H3,(H,18,20)/t11-/m1/s1. The van der Waals surface area contributed by atoms with E-state index in [9.17, 15) is 14.9 Å². The molecule has 0 aliphatic heterocycles. The number of nitrogens with zero attached hydrogens (tertiary/aromatic N) is 1. The summed E-state index contributed by atoms with van der Waals surface area (Å²) in [6, 6.07) is 11.3. The highest BCUT2D eigenvalue weighted by Gasteiger charge is 2.16. The van der Waals surface area contributed by atoms with Gasteiger partial charge in [-0.2, -0.15) is 0 Å². The van der Waals surface area contributed by atoms with Gasteiger partial charge in [0.05, 0.1) is 10.8 Å². The predicted molar refractivity (Wildman–Crippen MR) is 86.3 cm³/mol. The SMILES string of the molecule is Cc1ccc(NC(=O)[C@H](C)c2ccc([N+](=O)[O-])cc2)cc1Cl. The number of amides is 1. The van der Waals surface area contributed by atoms with Crippen molar-refractivity contribution >= 4 is 28.9 Å². The Hall–Kier alpha value is -2.40. The first-order valence-electron chi connectivity index (χ1n) is 6.70. The average Bonchev–Trinajstić information content (AvgIpc) is 2.50. The molecule has 2 aromatic rings. The zero-order valence-corrected chi connectivity index (χ0v) is 12.9. The number of nitrogens with one attached hydrogen (secondary N) is 1. The number of non-ortho nitro benzene ring substituents is 1. The molecule has 0 unspecified atom stereocenters. The lowest BCUT2D eigenvalue weighted by Gasteiger charge is -2.13. The number of hydrogen-bond donors (Lipinski definition) is 1. The first-order valence-corrected chi connectivity index (χ1v) is 7.07. The highest BCUT2D eigenvalue weighted by Crippen LogP contribution is 2.23. The minimum atomic E-state index is -0.469. The van der Waals surface area contributed by atoms with Gasteiger partial charge in [0.15, 0.2) is 0 Å². The van der Waals surface area contributed by atoms with Crippen LogP contribution in [0.1, 0.15) is 24.0 Å². The molecule has 0 spiro atoms. The van der Waals surface area contributed by atoms with Crippen LogP contribution < -0.4 is 5.32 Å². The van der Waals surface area contributed by atoms with Gasteiger partial charge in [-0.05, 0) is 37.1 Å². The number of benzene rings is 2. The molecule has 5 nitrogen and oxygen atoms in total. The second-order valence-electron chi connectivity index (χ2n) is 5.02. The number of nitro benzene ring substituents is 1. The second-order valence-corrected chi connectivity index (χ2v) is 5.43. The van der Waals surface area contributed by atoms with Gasteiger partial charge in [0, 0.05) is 22.8 Å². The smallest absolute Gasteiger partial charge is 0.269 e. The van der Waals surface area contributed by atoms with Crippen LogP contribution in [0.5, 0.6) is 0 Å². The van der Waals surface area contributed by atoms with Crippen LogP contribution in [0.2, 0.25) is 5.02 Å². The maximum atomic E-state index is 12.2. The van der Waals surface area contributed by atoms with Crippen molar-refractivity contribution in [2.75, 3.05) is 5.32 Å². The van der Waals surface area contributed by atoms with Crippen molar-refractivity contribution in [2.45, 2.75) is 19.8 Å². The van der Waals surface area contributed by atoms with Gasteiger partial charge in [-0.25, -0.2) is 0 Å². The van der Waals surface area contributed by atoms with Crippen LogP contribution in [0.4, 0.5) is 11.4 Å². The van der Waals surface area contributed by atoms with Gasteiger partial charge in [-0.1, -0.05) is 29.8 Å². The summed E-state index contributed by atoms with van der Waals surface area (Å²) in [6.45, 7) is 3.62. The maximum absolute atomic E-state index is 12.2. The normalized spacial score (nSPS) is 11.8. The van der Waals surface area contributed by atoms with Crippen molar-refractivity contribution in [3.05, 3.63) is 68.7 Å². The lowest BCUT2D eigenvalue weighted by molar-refractivity contribution is -0.384. The van der Waals surface area contributed by atoms with Gasteiger partial charge in [0.25, 0.3) is 5.69 Å². The zero-order chi connectivity index (χ0) is 16.3. The van der Waals surface area contributed by atoms with E-state index in [-0.39, 0.29) is 11.6 Å². The number of anilines is 1. The Morgan fingerprint density at radius 3 is 2.41 bits per heavy atom. The van der Waals surface area contributed by atoms with E-state index >= 15 is 0 Å². The van der Waals surface area contributed by atoms with E-state index in [1.165, 1.54) is 12.1 Å². The molecule has 0 saturated heterocycles. The molecule has 22 heavy (non-hydrogen) atoms. The monoisotopic (exact) mass is 318 g/mol. The van der Waals surface area contributed by atoms with Crippen molar-refractivity contribution in [1.82, 2.24) is 0 Å². The third-order valence-corrected chi connectivity index (χ3v) is 3.84. The van der Waals surface area contributed by atoms with Crippen LogP contribution >= 0.6 is 11.6 Å².